The summed E-state index contributed by atoms with van der Waals surface area (Å²) in [4.78, 5) is 14.0. The van der Waals surface area contributed by atoms with Crippen LogP contribution in [0.15, 0.2) is 18.2 Å². The molecule has 1 aromatic carbocycles. The zero-order chi connectivity index (χ0) is 13.1. The van der Waals surface area contributed by atoms with Gasteiger partial charge in [-0.05, 0) is 25.0 Å². The van der Waals surface area contributed by atoms with Gasteiger partial charge in [0.1, 0.15) is 11.3 Å². The van der Waals surface area contributed by atoms with E-state index in [1.165, 1.54) is 7.11 Å². The number of carbonyl (C=O) groups is 1. The summed E-state index contributed by atoms with van der Waals surface area (Å²) in [7, 11) is 1.51. The quantitative estimate of drug-likeness (QED) is 0.764. The van der Waals surface area contributed by atoms with Gasteiger partial charge in [0.2, 0.25) is 0 Å². The Hall–Kier alpha value is -1.75. The Kier molecular flexibility index (Phi) is 3.72. The number of benzene rings is 1. The van der Waals surface area contributed by atoms with Crippen LogP contribution in [0.3, 0.4) is 0 Å². The smallest absolute Gasteiger partial charge is 0.259 e. The van der Waals surface area contributed by atoms with Gasteiger partial charge in [-0.25, -0.2) is 0 Å². The van der Waals surface area contributed by atoms with Gasteiger partial charge in [0.15, 0.2) is 0 Å². The summed E-state index contributed by atoms with van der Waals surface area (Å²) in [6.45, 7) is 1.00. The number of nitrogens with two attached hydrogens (primary N) is 1. The molecule has 0 radical (unpaired) electrons. The minimum atomic E-state index is -0.446. The molecule has 98 valence electrons. The third-order valence-corrected chi connectivity index (χ3v) is 3.18. The van der Waals surface area contributed by atoms with Crippen molar-refractivity contribution in [1.29, 1.82) is 0 Å². The van der Waals surface area contributed by atoms with Crippen molar-refractivity contribution in [2.24, 2.45) is 0 Å². The summed E-state index contributed by atoms with van der Waals surface area (Å²) in [5.41, 5.74) is 6.63. The molecule has 1 aliphatic heterocycles. The number of ether oxygens (including phenoxy) is 1. The second kappa shape index (κ2) is 5.27. The number of nitrogen functional groups attached to an aromatic ring is 1. The normalized spacial score (nSPS) is 19.7. The third-order valence-electron chi connectivity index (χ3n) is 3.18. The summed E-state index contributed by atoms with van der Waals surface area (Å²) in [5.74, 6) is 0.295. The van der Waals surface area contributed by atoms with E-state index in [0.717, 1.165) is 12.8 Å². The molecule has 0 saturated carbocycles. The average Bonchev–Trinajstić information content (AvgIpc) is 2.37. The maximum Gasteiger partial charge on any atom is 0.259 e. The van der Waals surface area contributed by atoms with Crippen LogP contribution in [-0.4, -0.2) is 42.2 Å². The van der Waals surface area contributed by atoms with Crippen molar-refractivity contribution in [3.8, 4) is 5.75 Å². The lowest BCUT2D eigenvalue weighted by Crippen LogP contribution is -2.42. The molecule has 0 aliphatic carbocycles. The fourth-order valence-corrected chi connectivity index (χ4v) is 2.24. The predicted octanol–water partition coefficient (Wildman–Crippen LogP) is 0.874. The Bertz CT molecular complexity index is 448. The number of aliphatic hydroxyl groups is 1. The van der Waals surface area contributed by atoms with E-state index in [-0.39, 0.29) is 5.91 Å². The van der Waals surface area contributed by atoms with Gasteiger partial charge in [-0.1, -0.05) is 6.07 Å². The van der Waals surface area contributed by atoms with E-state index in [9.17, 15) is 9.90 Å². The van der Waals surface area contributed by atoms with E-state index in [2.05, 4.69) is 0 Å². The molecule has 1 fully saturated rings. The second-order valence-corrected chi connectivity index (χ2v) is 4.47. The van der Waals surface area contributed by atoms with E-state index < -0.39 is 6.10 Å². The van der Waals surface area contributed by atoms with Gasteiger partial charge in [-0.2, -0.15) is 0 Å². The van der Waals surface area contributed by atoms with E-state index in [1.54, 1.807) is 23.1 Å². The first kappa shape index (κ1) is 12.7. The Balaban J connectivity index is 2.28. The number of anilines is 1. The lowest BCUT2D eigenvalue weighted by Gasteiger charge is -2.30. The Morgan fingerprint density at radius 1 is 1.56 bits per heavy atom. The fourth-order valence-electron chi connectivity index (χ4n) is 2.24. The van der Waals surface area contributed by atoms with Gasteiger partial charge in [0, 0.05) is 18.8 Å². The van der Waals surface area contributed by atoms with Crippen molar-refractivity contribution in [3.05, 3.63) is 23.8 Å². The minimum absolute atomic E-state index is 0.177. The molecule has 1 atom stereocenters. The molecule has 1 aromatic rings. The average molecular weight is 250 g/mol. The van der Waals surface area contributed by atoms with Crippen molar-refractivity contribution >= 4 is 11.6 Å². The molecular weight excluding hydrogens is 232 g/mol. The summed E-state index contributed by atoms with van der Waals surface area (Å²) in [6.07, 6.45) is 1.10. The van der Waals surface area contributed by atoms with Crippen LogP contribution in [0.5, 0.6) is 5.75 Å². The molecule has 1 aliphatic rings. The molecule has 0 bridgehead atoms. The summed E-state index contributed by atoms with van der Waals surface area (Å²) in [6, 6.07) is 5.14. The van der Waals surface area contributed by atoms with E-state index in [1.807, 2.05) is 0 Å². The van der Waals surface area contributed by atoms with Crippen LogP contribution < -0.4 is 10.5 Å². The maximum absolute atomic E-state index is 12.4. The highest BCUT2D eigenvalue weighted by Gasteiger charge is 2.26. The standard InChI is InChI=1S/C13H18N2O3/c1-18-11-6-2-5-10(14)12(11)13(17)15-7-3-4-9(16)8-15/h2,5-6,9,16H,3-4,7-8,14H2,1H3/t9-/m0/s1. The molecule has 0 spiro atoms. The zero-order valence-corrected chi connectivity index (χ0v) is 10.4. The second-order valence-electron chi connectivity index (χ2n) is 4.47. The first-order valence-electron chi connectivity index (χ1n) is 6.03. The molecule has 0 unspecified atom stereocenters. The van der Waals surface area contributed by atoms with Gasteiger partial charge in [0.05, 0.1) is 13.2 Å². The van der Waals surface area contributed by atoms with Crippen molar-refractivity contribution in [2.75, 3.05) is 25.9 Å². The molecule has 5 nitrogen and oxygen atoms in total. The number of methoxy groups -OCH3 is 1. The number of likely N-dealkylation sites (tertiary alicyclic amines) is 1. The number of β-amino-alcohol motifs (C(OH)–C–C–N with tert-alkyl or cyclic N) is 1. The number of hydrogen-bond acceptors (Lipinski definition) is 4. The maximum atomic E-state index is 12.4. The van der Waals surface area contributed by atoms with Gasteiger partial charge in [-0.15, -0.1) is 0 Å². The topological polar surface area (TPSA) is 75.8 Å². The number of aliphatic hydroxyl groups excluding tert-OH is 1. The molecular formula is C13H18N2O3. The molecule has 3 N–H and O–H groups in total. The van der Waals surface area contributed by atoms with Crippen LogP contribution in [0.4, 0.5) is 5.69 Å². The lowest BCUT2D eigenvalue weighted by molar-refractivity contribution is 0.0472. The van der Waals surface area contributed by atoms with E-state index >= 15 is 0 Å². The van der Waals surface area contributed by atoms with Crippen molar-refractivity contribution < 1.29 is 14.6 Å². The van der Waals surface area contributed by atoms with Crippen LogP contribution in [0.2, 0.25) is 0 Å². The van der Waals surface area contributed by atoms with E-state index in [4.69, 9.17) is 10.5 Å². The number of piperidine rings is 1. The van der Waals surface area contributed by atoms with Crippen LogP contribution >= 0.6 is 0 Å². The molecule has 18 heavy (non-hydrogen) atoms. The molecule has 1 amide bonds. The molecule has 1 heterocycles. The van der Waals surface area contributed by atoms with Gasteiger partial charge in [-0.3, -0.25) is 4.79 Å². The first-order valence-corrected chi connectivity index (χ1v) is 6.03. The number of hydrogen-bond donors (Lipinski definition) is 2. The van der Waals surface area contributed by atoms with Crippen LogP contribution in [0.1, 0.15) is 23.2 Å². The highest BCUT2D eigenvalue weighted by atomic mass is 16.5. The molecule has 5 heteroatoms. The van der Waals surface area contributed by atoms with Crippen LogP contribution in [0, 0.1) is 0 Å². The lowest BCUT2D eigenvalue weighted by atomic mass is 10.1. The highest BCUT2D eigenvalue weighted by molar-refractivity contribution is 6.01. The SMILES string of the molecule is COc1cccc(N)c1C(=O)N1CCC[C@H](O)C1. The van der Waals surface area contributed by atoms with Crippen LogP contribution in [0.25, 0.3) is 0 Å². The minimum Gasteiger partial charge on any atom is -0.496 e. The van der Waals surface area contributed by atoms with Crippen LogP contribution in [-0.2, 0) is 0 Å². The monoisotopic (exact) mass is 250 g/mol. The number of rotatable bonds is 2. The first-order chi connectivity index (χ1) is 8.63. The largest absolute Gasteiger partial charge is 0.496 e. The number of nitrogens with zero attached hydrogens (tertiary/aromatic N) is 1. The fraction of sp³-hybridized carbons (Fsp3) is 0.462. The Labute approximate surface area is 106 Å². The summed E-state index contributed by atoms with van der Waals surface area (Å²) < 4.78 is 5.17. The molecule has 1 saturated heterocycles. The molecule has 2 rings (SSSR count). The Morgan fingerprint density at radius 2 is 2.33 bits per heavy atom. The van der Waals surface area contributed by atoms with E-state index in [0.29, 0.717) is 30.1 Å². The number of carbonyl (C=O) groups excluding carboxylic acids is 1. The summed E-state index contributed by atoms with van der Waals surface area (Å²) >= 11 is 0. The molecule has 0 aromatic heterocycles. The zero-order valence-electron chi connectivity index (χ0n) is 10.4. The van der Waals surface area contributed by atoms with Gasteiger partial charge >= 0.3 is 0 Å². The predicted molar refractivity (Wildman–Crippen MR) is 68.6 cm³/mol. The van der Waals surface area contributed by atoms with Gasteiger partial charge < -0.3 is 20.5 Å². The third kappa shape index (κ3) is 2.41. The van der Waals surface area contributed by atoms with Gasteiger partial charge in [0.25, 0.3) is 5.91 Å². The highest BCUT2D eigenvalue weighted by Crippen LogP contribution is 2.26. The van der Waals surface area contributed by atoms with Crippen molar-refractivity contribution in [1.82, 2.24) is 4.90 Å². The number of amides is 1. The van der Waals surface area contributed by atoms with Crippen molar-refractivity contribution in [2.45, 2.75) is 18.9 Å². The van der Waals surface area contributed by atoms with Crippen molar-refractivity contribution in [3.63, 3.8) is 0 Å². The Morgan fingerprint density at radius 3 is 3.00 bits per heavy atom. The summed E-state index contributed by atoms with van der Waals surface area (Å²) in [5, 5.41) is 9.61.